The SMILES string of the molecule is CCOC1CN(Cc2ccc(C#Cc3ccc(C(=O)N(C)C(C(=O)CO)C(=O)NC)cc3F)cc2)C1. The quantitative estimate of drug-likeness (QED) is 0.401. The van der Waals surface area contributed by atoms with Crippen LogP contribution in [0.25, 0.3) is 0 Å². The topological polar surface area (TPSA) is 99.2 Å². The number of likely N-dealkylation sites (N-methyl/N-ethyl adjacent to an activating group) is 2. The molecule has 0 spiro atoms. The van der Waals surface area contributed by atoms with Crippen LogP contribution in [0.2, 0.25) is 0 Å². The van der Waals surface area contributed by atoms with Crippen molar-refractivity contribution in [2.45, 2.75) is 25.6 Å². The smallest absolute Gasteiger partial charge is 0.254 e. The fourth-order valence-corrected chi connectivity index (χ4v) is 3.92. The van der Waals surface area contributed by atoms with Crippen molar-refractivity contribution in [3.8, 4) is 11.8 Å². The molecule has 2 amide bonds. The Morgan fingerprint density at radius 2 is 1.89 bits per heavy atom. The second-order valence-electron chi connectivity index (χ2n) is 8.47. The number of Topliss-reactive ketones (excluding diaryl/α,β-unsaturated/α-hetero) is 1. The van der Waals surface area contributed by atoms with Gasteiger partial charge in [0.25, 0.3) is 5.91 Å². The maximum atomic E-state index is 14.7. The number of nitrogens with one attached hydrogen (secondary N) is 1. The van der Waals surface area contributed by atoms with Gasteiger partial charge in [-0.1, -0.05) is 24.0 Å². The minimum absolute atomic E-state index is 0.0536. The van der Waals surface area contributed by atoms with Crippen LogP contribution in [0.4, 0.5) is 4.39 Å². The number of rotatable bonds is 9. The van der Waals surface area contributed by atoms with Gasteiger partial charge < -0.3 is 20.1 Å². The Labute approximate surface area is 210 Å². The summed E-state index contributed by atoms with van der Waals surface area (Å²) in [7, 11) is 2.55. The summed E-state index contributed by atoms with van der Waals surface area (Å²) in [4.78, 5) is 39.9. The first-order valence-corrected chi connectivity index (χ1v) is 11.6. The summed E-state index contributed by atoms with van der Waals surface area (Å²) in [5.74, 6) is 2.66. The van der Waals surface area contributed by atoms with Gasteiger partial charge in [-0.2, -0.15) is 0 Å². The Bertz CT molecular complexity index is 1150. The Hall–Kier alpha value is -3.58. The van der Waals surface area contributed by atoms with Gasteiger partial charge in [-0.05, 0) is 42.8 Å². The summed E-state index contributed by atoms with van der Waals surface area (Å²) in [5, 5.41) is 11.4. The van der Waals surface area contributed by atoms with Gasteiger partial charge in [-0.3, -0.25) is 19.3 Å². The third-order valence-corrected chi connectivity index (χ3v) is 5.91. The number of nitrogens with zero attached hydrogens (tertiary/aromatic N) is 2. The number of carbonyl (C=O) groups excluding carboxylic acids is 3. The molecule has 0 bridgehead atoms. The van der Waals surface area contributed by atoms with Gasteiger partial charge in [-0.15, -0.1) is 0 Å². The van der Waals surface area contributed by atoms with Crippen molar-refractivity contribution in [3.05, 3.63) is 70.5 Å². The highest BCUT2D eigenvalue weighted by Crippen LogP contribution is 2.17. The molecule has 0 aromatic heterocycles. The Kier molecular flexibility index (Phi) is 9.31. The lowest BCUT2D eigenvalue weighted by Crippen LogP contribution is -2.52. The molecule has 8 nitrogen and oxygen atoms in total. The van der Waals surface area contributed by atoms with E-state index < -0.39 is 36.1 Å². The third kappa shape index (κ3) is 6.55. The molecule has 3 rings (SSSR count). The van der Waals surface area contributed by atoms with Crippen LogP contribution in [0.3, 0.4) is 0 Å². The summed E-state index contributed by atoms with van der Waals surface area (Å²) >= 11 is 0. The van der Waals surface area contributed by atoms with Crippen molar-refractivity contribution in [2.75, 3.05) is 40.4 Å². The number of halogens is 1. The molecule has 1 aliphatic heterocycles. The van der Waals surface area contributed by atoms with Crippen LogP contribution >= 0.6 is 0 Å². The fraction of sp³-hybridized carbons (Fsp3) is 0.370. The van der Waals surface area contributed by atoms with E-state index in [0.29, 0.717) is 6.10 Å². The highest BCUT2D eigenvalue weighted by molar-refractivity contribution is 6.10. The molecule has 1 fully saturated rings. The van der Waals surface area contributed by atoms with Crippen LogP contribution in [0.5, 0.6) is 0 Å². The molecular formula is C27H30FN3O5. The number of benzene rings is 2. The minimum Gasteiger partial charge on any atom is -0.388 e. The molecule has 0 radical (unpaired) electrons. The highest BCUT2D eigenvalue weighted by Gasteiger charge is 2.33. The predicted molar refractivity (Wildman–Crippen MR) is 132 cm³/mol. The lowest BCUT2D eigenvalue weighted by Gasteiger charge is -2.38. The van der Waals surface area contributed by atoms with Gasteiger partial charge in [0.05, 0.1) is 11.7 Å². The molecule has 1 atom stereocenters. The summed E-state index contributed by atoms with van der Waals surface area (Å²) in [6.45, 7) is 4.49. The lowest BCUT2D eigenvalue weighted by molar-refractivity contribution is -0.135. The number of aliphatic hydroxyl groups is 1. The van der Waals surface area contributed by atoms with Gasteiger partial charge >= 0.3 is 0 Å². The number of carbonyl (C=O) groups is 3. The molecule has 36 heavy (non-hydrogen) atoms. The molecule has 1 saturated heterocycles. The second kappa shape index (κ2) is 12.4. The van der Waals surface area contributed by atoms with Gasteiger partial charge in [0.2, 0.25) is 5.91 Å². The van der Waals surface area contributed by atoms with E-state index in [9.17, 15) is 18.8 Å². The number of hydrogen-bond acceptors (Lipinski definition) is 6. The molecule has 1 aliphatic rings. The first-order valence-electron chi connectivity index (χ1n) is 11.6. The van der Waals surface area contributed by atoms with Crippen molar-refractivity contribution in [1.82, 2.24) is 15.1 Å². The number of aliphatic hydroxyl groups excluding tert-OH is 1. The Morgan fingerprint density at radius 3 is 2.47 bits per heavy atom. The van der Waals surface area contributed by atoms with Gasteiger partial charge in [0.15, 0.2) is 11.8 Å². The zero-order valence-corrected chi connectivity index (χ0v) is 20.6. The first-order chi connectivity index (χ1) is 17.3. The fourth-order valence-electron chi connectivity index (χ4n) is 3.92. The van der Waals surface area contributed by atoms with Crippen LogP contribution in [-0.2, 0) is 20.9 Å². The zero-order valence-electron chi connectivity index (χ0n) is 20.6. The maximum Gasteiger partial charge on any atom is 0.254 e. The Morgan fingerprint density at radius 1 is 1.19 bits per heavy atom. The van der Waals surface area contributed by atoms with E-state index in [1.54, 1.807) is 0 Å². The van der Waals surface area contributed by atoms with E-state index in [2.05, 4.69) is 22.1 Å². The van der Waals surface area contributed by atoms with E-state index in [1.807, 2.05) is 31.2 Å². The van der Waals surface area contributed by atoms with E-state index >= 15 is 0 Å². The van der Waals surface area contributed by atoms with Crippen molar-refractivity contribution in [3.63, 3.8) is 0 Å². The molecule has 2 aromatic carbocycles. The number of amides is 2. The lowest BCUT2D eigenvalue weighted by atomic mass is 10.1. The molecule has 2 aromatic rings. The Balaban J connectivity index is 1.65. The highest BCUT2D eigenvalue weighted by atomic mass is 19.1. The standard InChI is InChI=1S/C27H30FN3O5/c1-4-36-22-15-31(16-22)14-19-7-5-18(6-8-19)9-10-20-11-12-21(13-23(20)28)27(35)30(3)25(24(33)17-32)26(34)29-2/h5-8,11-13,22,25,32H,4,14-17H2,1-3H3,(H,29,34). The van der Waals surface area contributed by atoms with Crippen molar-refractivity contribution >= 4 is 17.6 Å². The maximum absolute atomic E-state index is 14.7. The van der Waals surface area contributed by atoms with E-state index in [-0.39, 0.29) is 11.1 Å². The molecule has 9 heteroatoms. The number of likely N-dealkylation sites (tertiary alicyclic amines) is 1. The monoisotopic (exact) mass is 495 g/mol. The van der Waals surface area contributed by atoms with Gasteiger partial charge in [0.1, 0.15) is 12.4 Å². The van der Waals surface area contributed by atoms with E-state index in [1.165, 1.54) is 26.2 Å². The molecule has 0 aliphatic carbocycles. The minimum atomic E-state index is -1.52. The van der Waals surface area contributed by atoms with Crippen molar-refractivity contribution in [1.29, 1.82) is 0 Å². The third-order valence-electron chi connectivity index (χ3n) is 5.91. The van der Waals surface area contributed by atoms with Crippen LogP contribution in [0, 0.1) is 17.7 Å². The summed E-state index contributed by atoms with van der Waals surface area (Å²) in [6.07, 6.45) is 0.317. The molecule has 1 unspecified atom stereocenters. The summed E-state index contributed by atoms with van der Waals surface area (Å²) in [6, 6.07) is 9.98. The molecule has 190 valence electrons. The number of hydrogen-bond donors (Lipinski definition) is 2. The number of ether oxygens (including phenoxy) is 1. The predicted octanol–water partition coefficient (Wildman–Crippen LogP) is 1.19. The van der Waals surface area contributed by atoms with E-state index in [4.69, 9.17) is 9.84 Å². The second-order valence-corrected chi connectivity index (χ2v) is 8.47. The van der Waals surface area contributed by atoms with Crippen molar-refractivity contribution in [2.24, 2.45) is 0 Å². The zero-order chi connectivity index (χ0) is 26.2. The van der Waals surface area contributed by atoms with Crippen LogP contribution in [-0.4, -0.2) is 85.0 Å². The van der Waals surface area contributed by atoms with Crippen molar-refractivity contribution < 1.29 is 28.6 Å². The van der Waals surface area contributed by atoms with Crippen LogP contribution in [0.15, 0.2) is 42.5 Å². The van der Waals surface area contributed by atoms with Crippen LogP contribution < -0.4 is 5.32 Å². The van der Waals surface area contributed by atoms with Crippen LogP contribution in [0.1, 0.15) is 34.0 Å². The normalized spacial score (nSPS) is 14.2. The molecule has 0 saturated carbocycles. The molecule has 1 heterocycles. The van der Waals surface area contributed by atoms with E-state index in [0.717, 1.165) is 48.3 Å². The summed E-state index contributed by atoms with van der Waals surface area (Å²) in [5.41, 5.74) is 1.94. The average molecular weight is 496 g/mol. The first kappa shape index (κ1) is 27.0. The molecular weight excluding hydrogens is 465 g/mol. The number of ketones is 1. The molecule has 2 N–H and O–H groups in total. The van der Waals surface area contributed by atoms with Gasteiger partial charge in [-0.25, -0.2) is 4.39 Å². The van der Waals surface area contributed by atoms with Gasteiger partial charge in [0, 0.05) is 51.5 Å². The summed E-state index contributed by atoms with van der Waals surface area (Å²) < 4.78 is 20.3. The largest absolute Gasteiger partial charge is 0.388 e. The average Bonchev–Trinajstić information content (AvgIpc) is 2.86.